The Morgan fingerprint density at radius 1 is 0.615 bits per heavy atom. The zero-order valence-corrected chi connectivity index (χ0v) is 13.9. The van der Waals surface area contributed by atoms with Crippen LogP contribution in [0.5, 0.6) is 0 Å². The van der Waals surface area contributed by atoms with Crippen molar-refractivity contribution in [2.45, 2.75) is 41.5 Å². The predicted octanol–water partition coefficient (Wildman–Crippen LogP) is 4.54. The van der Waals surface area contributed by atoms with Crippen LogP contribution in [0.15, 0.2) is 0 Å². The van der Waals surface area contributed by atoms with Crippen LogP contribution >= 0.6 is 0 Å². The molecule has 0 radical (unpaired) electrons. The SMILES string of the molecule is [CH2-]C(C)C.[CH2-]C(C)C.[CH2-]C(C)C.[H-].[Hf]. The summed E-state index contributed by atoms with van der Waals surface area (Å²) in [5.74, 6) is 1.75. The quantitative estimate of drug-likeness (QED) is 0.444. The van der Waals surface area contributed by atoms with E-state index in [0.717, 1.165) is 0 Å². The van der Waals surface area contributed by atoms with Crippen molar-refractivity contribution in [1.82, 2.24) is 0 Å². The fraction of sp³-hybridized carbons (Fsp3) is 0.750. The summed E-state index contributed by atoms with van der Waals surface area (Å²) in [4.78, 5) is 0. The summed E-state index contributed by atoms with van der Waals surface area (Å²) in [5.41, 5.74) is 0. The Bertz CT molecular complexity index is 38.8. The minimum absolute atomic E-state index is 0. The fourth-order valence-electron chi connectivity index (χ4n) is 0. The first kappa shape index (κ1) is 23.6. The molecule has 0 amide bonds. The van der Waals surface area contributed by atoms with Crippen molar-refractivity contribution in [2.75, 3.05) is 0 Å². The molecule has 0 rings (SSSR count). The minimum atomic E-state index is 0. The molecule has 0 atom stereocenters. The third kappa shape index (κ3) is 2010. The van der Waals surface area contributed by atoms with Gasteiger partial charge in [-0.2, -0.15) is 17.8 Å². The molecule has 0 heterocycles. The number of hydrogen-bond acceptors (Lipinski definition) is 0. The zero-order valence-electron chi connectivity index (χ0n) is 11.4. The molecule has 0 N–H and O–H groups in total. The van der Waals surface area contributed by atoms with E-state index in [-0.39, 0.29) is 27.3 Å². The van der Waals surface area contributed by atoms with Gasteiger partial charge >= 0.3 is 0 Å². The molecule has 0 aliphatic carbocycles. The second-order valence-electron chi connectivity index (χ2n) is 4.18. The van der Waals surface area contributed by atoms with Gasteiger partial charge < -0.3 is 22.2 Å². The van der Waals surface area contributed by atoms with E-state index in [2.05, 4.69) is 62.3 Å². The first-order valence-electron chi connectivity index (χ1n) is 4.69. The Morgan fingerprint density at radius 3 is 0.615 bits per heavy atom. The topological polar surface area (TPSA) is 0 Å². The summed E-state index contributed by atoms with van der Waals surface area (Å²) in [6.07, 6.45) is 0. The van der Waals surface area contributed by atoms with E-state index >= 15 is 0 Å². The Balaban J connectivity index is -0.0000000270. The van der Waals surface area contributed by atoms with Crippen molar-refractivity contribution < 1.29 is 27.3 Å². The molecule has 0 bridgehead atoms. The van der Waals surface area contributed by atoms with Crippen LogP contribution in [0.2, 0.25) is 0 Å². The maximum atomic E-state index is 3.64. The molecule has 0 unspecified atom stereocenters. The average Bonchev–Trinajstić information content (AvgIpc) is 1.54. The van der Waals surface area contributed by atoms with E-state index in [0.29, 0.717) is 17.8 Å². The third-order valence-electron chi connectivity index (χ3n) is 0. The van der Waals surface area contributed by atoms with Gasteiger partial charge in [0, 0.05) is 25.8 Å². The molecule has 0 saturated carbocycles. The van der Waals surface area contributed by atoms with E-state index in [1.165, 1.54) is 0 Å². The first-order chi connectivity index (χ1) is 5.20. The Morgan fingerprint density at radius 2 is 0.615 bits per heavy atom. The van der Waals surface area contributed by atoms with Crippen molar-refractivity contribution >= 4 is 0 Å². The Labute approximate surface area is 107 Å². The molecule has 0 aliphatic rings. The third-order valence-corrected chi connectivity index (χ3v) is 0. The van der Waals surface area contributed by atoms with Crippen molar-refractivity contribution in [3.63, 3.8) is 0 Å². The van der Waals surface area contributed by atoms with Gasteiger partial charge in [-0.05, 0) is 0 Å². The van der Waals surface area contributed by atoms with E-state index in [1.54, 1.807) is 0 Å². The largest absolute Gasteiger partial charge is 1.00 e. The zero-order chi connectivity index (χ0) is 10.7. The van der Waals surface area contributed by atoms with E-state index in [4.69, 9.17) is 0 Å². The van der Waals surface area contributed by atoms with Gasteiger partial charge in [0.15, 0.2) is 0 Å². The molecule has 0 aromatic carbocycles. The first-order valence-corrected chi connectivity index (χ1v) is 4.69. The molecule has 0 spiro atoms. The smallest absolute Gasteiger partial charge is 0 e. The van der Waals surface area contributed by atoms with Crippen molar-refractivity contribution in [3.05, 3.63) is 20.8 Å². The second-order valence-corrected chi connectivity index (χ2v) is 4.18. The van der Waals surface area contributed by atoms with Gasteiger partial charge in [-0.15, -0.1) is 0 Å². The molecule has 1 heteroatoms. The molecule has 0 aliphatic heterocycles. The maximum Gasteiger partial charge on any atom is 0 e. The van der Waals surface area contributed by atoms with Crippen LogP contribution in [0, 0.1) is 38.5 Å². The van der Waals surface area contributed by atoms with E-state index in [1.807, 2.05) is 0 Å². The van der Waals surface area contributed by atoms with Gasteiger partial charge in [-0.3, -0.25) is 0 Å². The van der Waals surface area contributed by atoms with Crippen LogP contribution in [0.1, 0.15) is 43.0 Å². The van der Waals surface area contributed by atoms with Gasteiger partial charge in [0.2, 0.25) is 0 Å². The van der Waals surface area contributed by atoms with Gasteiger partial charge in [0.1, 0.15) is 0 Å². The summed E-state index contributed by atoms with van der Waals surface area (Å²) >= 11 is 0. The molecule has 0 saturated heterocycles. The van der Waals surface area contributed by atoms with Crippen molar-refractivity contribution in [1.29, 1.82) is 0 Å². The molecule has 84 valence electrons. The molecule has 0 fully saturated rings. The standard InChI is InChI=1S/3C4H9.Hf.H/c3*1-4(2)3;;/h3*4H,1H2,2-3H3;;/q3*-1;;-1. The summed E-state index contributed by atoms with van der Waals surface area (Å²) in [6, 6.07) is 0. The van der Waals surface area contributed by atoms with Gasteiger partial charge in [0.25, 0.3) is 0 Å². The monoisotopic (exact) mass is 352 g/mol. The summed E-state index contributed by atoms with van der Waals surface area (Å²) in [7, 11) is 0. The predicted molar refractivity (Wildman–Crippen MR) is 61.7 cm³/mol. The van der Waals surface area contributed by atoms with Crippen LogP contribution in [-0.4, -0.2) is 0 Å². The second kappa shape index (κ2) is 18.6. The van der Waals surface area contributed by atoms with Gasteiger partial charge in [-0.25, -0.2) is 0 Å². The average molecular weight is 351 g/mol. The summed E-state index contributed by atoms with van der Waals surface area (Å²) in [6.45, 7) is 23.2. The fourth-order valence-corrected chi connectivity index (χ4v) is 0. The van der Waals surface area contributed by atoms with E-state index < -0.39 is 0 Å². The van der Waals surface area contributed by atoms with Gasteiger partial charge in [-0.1, -0.05) is 41.5 Å². The maximum absolute atomic E-state index is 3.64. The summed E-state index contributed by atoms with van der Waals surface area (Å²) in [5, 5.41) is 0. The van der Waals surface area contributed by atoms with Gasteiger partial charge in [0.05, 0.1) is 0 Å². The molecular formula is C12H28Hf-4. The number of hydrogen-bond donors (Lipinski definition) is 0. The number of rotatable bonds is 0. The Kier molecular flexibility index (Phi) is 33.8. The normalized spacial score (nSPS) is 8.31. The van der Waals surface area contributed by atoms with Crippen LogP contribution in [0.3, 0.4) is 0 Å². The van der Waals surface area contributed by atoms with Crippen molar-refractivity contribution in [3.8, 4) is 0 Å². The van der Waals surface area contributed by atoms with Crippen LogP contribution in [0.4, 0.5) is 0 Å². The molecule has 0 nitrogen and oxygen atoms in total. The Hall–Kier alpha value is 0.870. The van der Waals surface area contributed by atoms with Crippen LogP contribution < -0.4 is 0 Å². The molecular weight excluding hydrogens is 323 g/mol. The van der Waals surface area contributed by atoms with Crippen LogP contribution in [-0.2, 0) is 25.8 Å². The summed E-state index contributed by atoms with van der Waals surface area (Å²) < 4.78 is 0. The molecule has 0 aromatic rings. The van der Waals surface area contributed by atoms with Crippen LogP contribution in [0.25, 0.3) is 0 Å². The minimum Gasteiger partial charge on any atom is -1.00 e. The van der Waals surface area contributed by atoms with Crippen molar-refractivity contribution in [2.24, 2.45) is 17.8 Å². The molecule has 0 aromatic heterocycles. The van der Waals surface area contributed by atoms with E-state index in [9.17, 15) is 0 Å². The molecule has 13 heavy (non-hydrogen) atoms.